The van der Waals surface area contributed by atoms with Crippen LogP contribution in [0.2, 0.25) is 10.0 Å². The fourth-order valence-corrected chi connectivity index (χ4v) is 3.48. The van der Waals surface area contributed by atoms with E-state index in [4.69, 9.17) is 27.9 Å². The number of aryl methyl sites for hydroxylation is 1. The summed E-state index contributed by atoms with van der Waals surface area (Å²) in [5.74, 6) is -1.38. The van der Waals surface area contributed by atoms with Crippen LogP contribution in [-0.4, -0.2) is 27.8 Å². The zero-order chi connectivity index (χ0) is 23.3. The van der Waals surface area contributed by atoms with Crippen molar-refractivity contribution in [2.24, 2.45) is 0 Å². The lowest BCUT2D eigenvalue weighted by atomic mass is 10.1. The van der Waals surface area contributed by atoms with Gasteiger partial charge in [-0.25, -0.2) is 9.48 Å². The first kappa shape index (κ1) is 23.8. The lowest BCUT2D eigenvalue weighted by Crippen LogP contribution is -2.32. The summed E-state index contributed by atoms with van der Waals surface area (Å²) in [6, 6.07) is 11.3. The van der Waals surface area contributed by atoms with Crippen molar-refractivity contribution in [1.82, 2.24) is 9.78 Å². The summed E-state index contributed by atoms with van der Waals surface area (Å²) in [4.78, 5) is 38.2. The minimum Gasteiger partial charge on any atom is -0.448 e. The van der Waals surface area contributed by atoms with Gasteiger partial charge in [0.25, 0.3) is 11.5 Å². The molecule has 1 N–H and O–H groups in total. The van der Waals surface area contributed by atoms with Crippen molar-refractivity contribution in [3.8, 4) is 0 Å². The largest absolute Gasteiger partial charge is 0.448 e. The van der Waals surface area contributed by atoms with Gasteiger partial charge in [-0.1, -0.05) is 61.2 Å². The minimum atomic E-state index is -1.14. The maximum atomic E-state index is 12.9. The molecule has 0 saturated carbocycles. The van der Waals surface area contributed by atoms with Crippen molar-refractivity contribution in [3.63, 3.8) is 0 Å². The maximum Gasteiger partial charge on any atom is 0.360 e. The number of rotatable bonds is 8. The second kappa shape index (κ2) is 10.6. The summed E-state index contributed by atoms with van der Waals surface area (Å²) in [5.41, 5.74) is 0.0203. The first-order valence-electron chi connectivity index (χ1n) is 10.3. The van der Waals surface area contributed by atoms with E-state index in [-0.39, 0.29) is 11.3 Å². The van der Waals surface area contributed by atoms with Crippen molar-refractivity contribution < 1.29 is 14.3 Å². The van der Waals surface area contributed by atoms with Gasteiger partial charge in [-0.15, -0.1) is 0 Å². The molecule has 0 fully saturated rings. The van der Waals surface area contributed by atoms with E-state index in [1.165, 1.54) is 17.7 Å². The van der Waals surface area contributed by atoms with Gasteiger partial charge in [0.05, 0.1) is 16.1 Å². The molecule has 168 valence electrons. The third-order valence-corrected chi connectivity index (χ3v) is 5.44. The van der Waals surface area contributed by atoms with Crippen molar-refractivity contribution in [3.05, 3.63) is 68.6 Å². The van der Waals surface area contributed by atoms with E-state index in [0.717, 1.165) is 19.3 Å². The van der Waals surface area contributed by atoms with E-state index in [2.05, 4.69) is 17.3 Å². The van der Waals surface area contributed by atoms with E-state index in [1.54, 1.807) is 36.4 Å². The second-order valence-electron chi connectivity index (χ2n) is 7.29. The van der Waals surface area contributed by atoms with Crippen LogP contribution in [0.3, 0.4) is 0 Å². The molecule has 0 aliphatic carbocycles. The summed E-state index contributed by atoms with van der Waals surface area (Å²) in [6.07, 6.45) is 1.54. The van der Waals surface area contributed by atoms with Crippen LogP contribution in [0.1, 0.15) is 43.6 Å². The lowest BCUT2D eigenvalue weighted by molar-refractivity contribution is -0.123. The van der Waals surface area contributed by atoms with Gasteiger partial charge in [0.1, 0.15) is 0 Å². The number of hydrogen-bond donors (Lipinski definition) is 1. The Kier molecular flexibility index (Phi) is 7.88. The first-order valence-corrected chi connectivity index (χ1v) is 11.0. The molecular formula is C23H23Cl2N3O4. The maximum absolute atomic E-state index is 12.9. The van der Waals surface area contributed by atoms with Gasteiger partial charge >= 0.3 is 5.97 Å². The summed E-state index contributed by atoms with van der Waals surface area (Å²) >= 11 is 12.0. The molecule has 0 bridgehead atoms. The normalized spacial score (nSPS) is 11.9. The number of amides is 1. The number of aromatic nitrogens is 2. The van der Waals surface area contributed by atoms with Crippen LogP contribution in [0.15, 0.2) is 47.3 Å². The molecule has 0 spiro atoms. The van der Waals surface area contributed by atoms with Crippen LogP contribution in [0.25, 0.3) is 10.8 Å². The quantitative estimate of drug-likeness (QED) is 0.362. The highest BCUT2D eigenvalue weighted by Gasteiger charge is 2.24. The molecule has 1 atom stereocenters. The van der Waals surface area contributed by atoms with Crippen LogP contribution in [0.4, 0.5) is 5.69 Å². The SMILES string of the molecule is CCCCCn1nc(C(=O)OC(C)C(=O)Nc2cc(Cl)ccc2Cl)c2ccccc2c1=O. The predicted molar refractivity (Wildman–Crippen MR) is 125 cm³/mol. The van der Waals surface area contributed by atoms with Crippen molar-refractivity contribution in [2.75, 3.05) is 5.32 Å². The highest BCUT2D eigenvalue weighted by molar-refractivity contribution is 6.35. The molecule has 2 aromatic carbocycles. The van der Waals surface area contributed by atoms with Crippen LogP contribution >= 0.6 is 23.2 Å². The molecule has 1 amide bonds. The van der Waals surface area contributed by atoms with Gasteiger partial charge in [0.2, 0.25) is 0 Å². The Morgan fingerprint density at radius 1 is 1.12 bits per heavy atom. The molecule has 3 aromatic rings. The molecule has 0 aliphatic rings. The monoisotopic (exact) mass is 475 g/mol. The van der Waals surface area contributed by atoms with E-state index >= 15 is 0 Å². The number of nitrogens with one attached hydrogen (secondary N) is 1. The Balaban J connectivity index is 1.84. The van der Waals surface area contributed by atoms with Crippen LogP contribution < -0.4 is 10.9 Å². The Labute approximate surface area is 195 Å². The number of benzene rings is 2. The van der Waals surface area contributed by atoms with Crippen molar-refractivity contribution in [2.45, 2.75) is 45.8 Å². The number of hydrogen-bond acceptors (Lipinski definition) is 5. The summed E-state index contributed by atoms with van der Waals surface area (Å²) in [5, 5.41) is 8.29. The van der Waals surface area contributed by atoms with Crippen LogP contribution in [-0.2, 0) is 16.1 Å². The number of fused-ring (bicyclic) bond motifs is 1. The standard InChI is InChI=1S/C23H23Cl2N3O4/c1-3-4-7-12-28-22(30)17-9-6-5-8-16(17)20(27-28)23(31)32-14(2)21(29)26-19-13-15(24)10-11-18(19)25/h5-6,8-11,13-14H,3-4,7,12H2,1-2H3,(H,26,29). The number of esters is 1. The third-order valence-electron chi connectivity index (χ3n) is 4.87. The van der Waals surface area contributed by atoms with E-state index in [1.807, 2.05) is 0 Å². The fourth-order valence-electron chi connectivity index (χ4n) is 3.15. The van der Waals surface area contributed by atoms with Gasteiger partial charge in [0, 0.05) is 17.0 Å². The Morgan fingerprint density at radius 2 is 1.84 bits per heavy atom. The number of carbonyl (C=O) groups is 2. The number of halogens is 2. The molecular weight excluding hydrogens is 453 g/mol. The first-order chi connectivity index (χ1) is 15.3. The zero-order valence-electron chi connectivity index (χ0n) is 17.7. The Bertz CT molecular complexity index is 1210. The molecule has 1 unspecified atom stereocenters. The van der Waals surface area contributed by atoms with E-state index < -0.39 is 18.0 Å². The summed E-state index contributed by atoms with van der Waals surface area (Å²) < 4.78 is 6.65. The van der Waals surface area contributed by atoms with Gasteiger partial charge in [-0.3, -0.25) is 9.59 Å². The number of nitrogens with zero attached hydrogens (tertiary/aromatic N) is 2. The molecule has 3 rings (SSSR count). The van der Waals surface area contributed by atoms with E-state index in [9.17, 15) is 14.4 Å². The van der Waals surface area contributed by atoms with Gasteiger partial charge in [-0.2, -0.15) is 5.10 Å². The molecule has 0 radical (unpaired) electrons. The third kappa shape index (κ3) is 5.47. The Hall–Kier alpha value is -2.90. The highest BCUT2D eigenvalue weighted by Crippen LogP contribution is 2.25. The van der Waals surface area contributed by atoms with Gasteiger partial charge in [0.15, 0.2) is 11.8 Å². The number of carbonyl (C=O) groups excluding carboxylic acids is 2. The average molecular weight is 476 g/mol. The van der Waals surface area contributed by atoms with Crippen molar-refractivity contribution in [1.29, 1.82) is 0 Å². The van der Waals surface area contributed by atoms with E-state index in [0.29, 0.717) is 33.0 Å². The molecule has 1 aromatic heterocycles. The predicted octanol–water partition coefficient (Wildman–Crippen LogP) is 5.08. The highest BCUT2D eigenvalue weighted by atomic mass is 35.5. The van der Waals surface area contributed by atoms with Crippen molar-refractivity contribution >= 4 is 51.5 Å². The number of anilines is 1. The van der Waals surface area contributed by atoms with Gasteiger partial charge in [-0.05, 0) is 37.6 Å². The molecule has 7 nitrogen and oxygen atoms in total. The van der Waals surface area contributed by atoms with Crippen LogP contribution in [0.5, 0.6) is 0 Å². The molecule has 1 heterocycles. The smallest absolute Gasteiger partial charge is 0.360 e. The topological polar surface area (TPSA) is 90.3 Å². The number of ether oxygens (including phenoxy) is 1. The minimum absolute atomic E-state index is 0.0165. The molecule has 0 saturated heterocycles. The van der Waals surface area contributed by atoms with Crippen LogP contribution in [0, 0.1) is 0 Å². The average Bonchev–Trinajstić information content (AvgIpc) is 2.77. The van der Waals surface area contributed by atoms with Gasteiger partial charge < -0.3 is 10.1 Å². The number of unbranched alkanes of at least 4 members (excludes halogenated alkanes) is 2. The second-order valence-corrected chi connectivity index (χ2v) is 8.13. The summed E-state index contributed by atoms with van der Waals surface area (Å²) in [7, 11) is 0. The zero-order valence-corrected chi connectivity index (χ0v) is 19.2. The lowest BCUT2D eigenvalue weighted by Gasteiger charge is -2.15. The molecule has 0 aliphatic heterocycles. The Morgan fingerprint density at radius 3 is 2.56 bits per heavy atom. The fraction of sp³-hybridized carbons (Fsp3) is 0.304. The summed E-state index contributed by atoms with van der Waals surface area (Å²) in [6.45, 7) is 3.88. The molecule has 32 heavy (non-hydrogen) atoms. The molecule has 9 heteroatoms.